The Hall–Kier alpha value is -0.960. The quantitative estimate of drug-likeness (QED) is 0.597. The molecule has 0 aliphatic carbocycles. The molecule has 0 bridgehead atoms. The molecule has 0 aliphatic heterocycles. The zero-order valence-electron chi connectivity index (χ0n) is 9.74. The van der Waals surface area contributed by atoms with E-state index in [0.29, 0.717) is 0 Å². The van der Waals surface area contributed by atoms with Gasteiger partial charge in [-0.15, -0.1) is 0 Å². The van der Waals surface area contributed by atoms with Gasteiger partial charge in [0.1, 0.15) is 0 Å². The second kappa shape index (κ2) is 8.22. The minimum atomic E-state index is 0.0442. The molecular formula is C13H19NOS. The van der Waals surface area contributed by atoms with Crippen LogP contribution in [0.15, 0.2) is 35.2 Å². The second-order valence-electron chi connectivity index (χ2n) is 3.69. The van der Waals surface area contributed by atoms with E-state index in [0.717, 1.165) is 17.9 Å². The molecule has 0 saturated heterocycles. The summed E-state index contributed by atoms with van der Waals surface area (Å²) in [5, 5.41) is 2.96. The average molecular weight is 237 g/mol. The lowest BCUT2D eigenvalue weighted by molar-refractivity contribution is 0.260. The Labute approximate surface area is 102 Å². The first-order valence-electron chi connectivity index (χ1n) is 5.83. The van der Waals surface area contributed by atoms with Crippen molar-refractivity contribution in [3.63, 3.8) is 0 Å². The number of thioether (sulfide) groups is 1. The number of nitrogens with one attached hydrogen (secondary N) is 1. The molecule has 1 amide bonds. The number of unbranched alkanes of at least 4 members (excludes halogenated alkanes) is 3. The van der Waals surface area contributed by atoms with E-state index in [2.05, 4.69) is 12.2 Å². The van der Waals surface area contributed by atoms with Crippen molar-refractivity contribution in [2.24, 2.45) is 0 Å². The molecule has 3 heteroatoms. The van der Waals surface area contributed by atoms with Crippen LogP contribution in [0, 0.1) is 0 Å². The van der Waals surface area contributed by atoms with Gasteiger partial charge < -0.3 is 5.32 Å². The van der Waals surface area contributed by atoms with Gasteiger partial charge in [0.2, 0.25) is 0 Å². The molecule has 0 saturated carbocycles. The van der Waals surface area contributed by atoms with Crippen molar-refractivity contribution in [3.8, 4) is 0 Å². The van der Waals surface area contributed by atoms with Gasteiger partial charge >= 0.3 is 0 Å². The molecule has 1 aromatic rings. The number of hydrogen-bond acceptors (Lipinski definition) is 2. The van der Waals surface area contributed by atoms with Crippen molar-refractivity contribution in [2.45, 2.75) is 37.5 Å². The maximum atomic E-state index is 11.5. The van der Waals surface area contributed by atoms with Gasteiger partial charge in [-0.25, -0.2) is 0 Å². The van der Waals surface area contributed by atoms with Gasteiger partial charge in [0.15, 0.2) is 0 Å². The Bertz CT molecular complexity index is 300. The third-order valence-electron chi connectivity index (χ3n) is 2.25. The Morgan fingerprint density at radius 1 is 1.19 bits per heavy atom. The van der Waals surface area contributed by atoms with Crippen LogP contribution in [-0.4, -0.2) is 11.8 Å². The number of benzene rings is 1. The maximum Gasteiger partial charge on any atom is 0.283 e. The molecule has 0 unspecified atom stereocenters. The molecule has 0 heterocycles. The minimum absolute atomic E-state index is 0.0442. The predicted octanol–water partition coefficient (Wildman–Crippen LogP) is 4.07. The van der Waals surface area contributed by atoms with Gasteiger partial charge in [0, 0.05) is 11.4 Å². The fraction of sp³-hybridized carbons (Fsp3) is 0.462. The van der Waals surface area contributed by atoms with Crippen molar-refractivity contribution >= 4 is 17.0 Å². The van der Waals surface area contributed by atoms with Crippen molar-refractivity contribution < 1.29 is 4.79 Å². The van der Waals surface area contributed by atoms with Crippen molar-refractivity contribution in [2.75, 3.05) is 6.54 Å². The summed E-state index contributed by atoms with van der Waals surface area (Å²) in [6.45, 7) is 2.97. The Kier molecular flexibility index (Phi) is 6.74. The lowest BCUT2D eigenvalue weighted by atomic mass is 10.2. The summed E-state index contributed by atoms with van der Waals surface area (Å²) < 4.78 is 0. The zero-order chi connectivity index (χ0) is 11.6. The molecule has 0 spiro atoms. The number of carbonyl (C=O) groups is 1. The molecule has 0 aliphatic rings. The first-order chi connectivity index (χ1) is 7.83. The highest BCUT2D eigenvalue weighted by Crippen LogP contribution is 2.17. The topological polar surface area (TPSA) is 29.1 Å². The molecule has 0 radical (unpaired) electrons. The van der Waals surface area contributed by atoms with Gasteiger partial charge in [-0.2, -0.15) is 0 Å². The number of rotatable bonds is 6. The second-order valence-corrected chi connectivity index (χ2v) is 4.74. The van der Waals surface area contributed by atoms with Crippen LogP contribution in [0.3, 0.4) is 0 Å². The van der Waals surface area contributed by atoms with E-state index in [1.807, 2.05) is 30.3 Å². The van der Waals surface area contributed by atoms with E-state index in [4.69, 9.17) is 0 Å². The fourth-order valence-electron chi connectivity index (χ4n) is 1.37. The molecule has 0 fully saturated rings. The maximum absolute atomic E-state index is 11.5. The Balaban J connectivity index is 2.12. The first-order valence-corrected chi connectivity index (χ1v) is 6.65. The smallest absolute Gasteiger partial charge is 0.283 e. The van der Waals surface area contributed by atoms with Gasteiger partial charge in [-0.1, -0.05) is 44.4 Å². The Morgan fingerprint density at radius 3 is 2.62 bits per heavy atom. The van der Waals surface area contributed by atoms with Crippen molar-refractivity contribution in [3.05, 3.63) is 30.3 Å². The molecule has 88 valence electrons. The third-order valence-corrected chi connectivity index (χ3v) is 3.09. The first kappa shape index (κ1) is 13.1. The molecule has 0 atom stereocenters. The van der Waals surface area contributed by atoms with Crippen molar-refractivity contribution in [1.29, 1.82) is 0 Å². The summed E-state index contributed by atoms with van der Waals surface area (Å²) in [7, 11) is 0. The van der Waals surface area contributed by atoms with E-state index in [-0.39, 0.29) is 5.24 Å². The summed E-state index contributed by atoms with van der Waals surface area (Å²) in [4.78, 5) is 12.5. The zero-order valence-corrected chi connectivity index (χ0v) is 10.6. The van der Waals surface area contributed by atoms with Crippen LogP contribution in [0.5, 0.6) is 0 Å². The number of hydrogen-bond donors (Lipinski definition) is 1. The third kappa shape index (κ3) is 5.81. The highest BCUT2D eigenvalue weighted by Gasteiger charge is 2.02. The highest BCUT2D eigenvalue weighted by atomic mass is 32.2. The normalized spacial score (nSPS) is 10.1. The predicted molar refractivity (Wildman–Crippen MR) is 69.8 cm³/mol. The fourth-order valence-corrected chi connectivity index (χ4v) is 2.06. The van der Waals surface area contributed by atoms with E-state index in [1.165, 1.54) is 31.0 Å². The van der Waals surface area contributed by atoms with Gasteiger partial charge in [0.25, 0.3) is 5.24 Å². The van der Waals surface area contributed by atoms with Crippen LogP contribution in [0.4, 0.5) is 4.79 Å². The molecular weight excluding hydrogens is 218 g/mol. The standard InChI is InChI=1S/C13H19NOS/c1-2-3-4-8-11-14-13(15)16-12-9-6-5-7-10-12/h5-7,9-10H,2-4,8,11H2,1H3,(H,14,15). The summed E-state index contributed by atoms with van der Waals surface area (Å²) in [5.74, 6) is 0. The lowest BCUT2D eigenvalue weighted by Gasteiger charge is -2.04. The molecule has 2 nitrogen and oxygen atoms in total. The lowest BCUT2D eigenvalue weighted by Crippen LogP contribution is -2.19. The SMILES string of the molecule is CCCCCCNC(=O)Sc1ccccc1. The number of amides is 1. The van der Waals surface area contributed by atoms with Crippen LogP contribution >= 0.6 is 11.8 Å². The van der Waals surface area contributed by atoms with E-state index in [1.54, 1.807) is 0 Å². The van der Waals surface area contributed by atoms with Crippen LogP contribution in [0.2, 0.25) is 0 Å². The largest absolute Gasteiger partial charge is 0.347 e. The molecule has 1 rings (SSSR count). The average Bonchev–Trinajstić information content (AvgIpc) is 2.30. The monoisotopic (exact) mass is 237 g/mol. The Morgan fingerprint density at radius 2 is 1.94 bits per heavy atom. The molecule has 16 heavy (non-hydrogen) atoms. The number of carbonyl (C=O) groups excluding carboxylic acids is 1. The van der Waals surface area contributed by atoms with E-state index < -0.39 is 0 Å². The van der Waals surface area contributed by atoms with Gasteiger partial charge in [0.05, 0.1) is 0 Å². The van der Waals surface area contributed by atoms with Crippen LogP contribution < -0.4 is 5.32 Å². The van der Waals surface area contributed by atoms with Crippen LogP contribution in [0.1, 0.15) is 32.6 Å². The van der Waals surface area contributed by atoms with Gasteiger partial charge in [-0.05, 0) is 30.3 Å². The highest BCUT2D eigenvalue weighted by molar-refractivity contribution is 8.13. The van der Waals surface area contributed by atoms with E-state index >= 15 is 0 Å². The molecule has 0 aromatic heterocycles. The summed E-state index contributed by atoms with van der Waals surface area (Å²) in [6.07, 6.45) is 4.76. The molecule has 1 N–H and O–H groups in total. The minimum Gasteiger partial charge on any atom is -0.347 e. The summed E-state index contributed by atoms with van der Waals surface area (Å²) in [5.41, 5.74) is 0. The summed E-state index contributed by atoms with van der Waals surface area (Å²) in [6, 6.07) is 9.73. The van der Waals surface area contributed by atoms with Gasteiger partial charge in [-0.3, -0.25) is 4.79 Å². The van der Waals surface area contributed by atoms with Crippen LogP contribution in [-0.2, 0) is 0 Å². The molecule has 1 aromatic carbocycles. The van der Waals surface area contributed by atoms with E-state index in [9.17, 15) is 4.79 Å². The summed E-state index contributed by atoms with van der Waals surface area (Å²) >= 11 is 1.26. The van der Waals surface area contributed by atoms with Crippen LogP contribution in [0.25, 0.3) is 0 Å². The van der Waals surface area contributed by atoms with Crippen molar-refractivity contribution in [1.82, 2.24) is 5.32 Å².